The van der Waals surface area contributed by atoms with Gasteiger partial charge in [-0.1, -0.05) is 53.9 Å². The molecule has 0 spiro atoms. The van der Waals surface area contributed by atoms with Crippen molar-refractivity contribution >= 4 is 52.5 Å². The number of rotatable bonds is 9. The van der Waals surface area contributed by atoms with Gasteiger partial charge in [-0.25, -0.2) is 0 Å². The molecule has 7 rings (SSSR count). The molecule has 0 bridgehead atoms. The van der Waals surface area contributed by atoms with Gasteiger partial charge in [0, 0.05) is 35.2 Å². The highest BCUT2D eigenvalue weighted by Crippen LogP contribution is 2.66. The molecule has 4 aliphatic rings. The van der Waals surface area contributed by atoms with Crippen LogP contribution in [0, 0.1) is 23.7 Å². The standard InChI is InChI=1S/C38H37Cl2N3O8/c1-5-14-42-34(45)24-12-11-23-25(31(24)36(42)47)18-26-35(46)43(41-28-13-8-20(39)15-27(28)40)37(48)38(26,19-6-9-22(49-2)10-7-19)33(23)32-29(50-3)16-21(44)17-30(32)51-4/h6-11,13,15-17,24-26,31,33,41,44H,5,12,14,18H2,1-4H3. The average Bonchev–Trinajstić information content (AvgIpc) is 3.49. The highest BCUT2D eigenvalue weighted by molar-refractivity contribution is 6.36. The lowest BCUT2D eigenvalue weighted by Gasteiger charge is -2.51. The average molecular weight is 735 g/mol. The Morgan fingerprint density at radius 3 is 2.18 bits per heavy atom. The van der Waals surface area contributed by atoms with Crippen molar-refractivity contribution in [2.75, 3.05) is 33.3 Å². The van der Waals surface area contributed by atoms with Gasteiger partial charge in [-0.15, -0.1) is 0 Å². The van der Waals surface area contributed by atoms with Crippen molar-refractivity contribution in [2.45, 2.75) is 37.5 Å². The zero-order valence-electron chi connectivity index (χ0n) is 28.4. The number of phenolic OH excluding ortho intramolecular Hbond substituents is 1. The Hall–Kier alpha value is -4.74. The molecule has 3 fully saturated rings. The molecule has 1 saturated carbocycles. The number of allylic oxidation sites excluding steroid dienone is 2. The molecule has 3 aromatic carbocycles. The maximum atomic E-state index is 15.5. The summed E-state index contributed by atoms with van der Waals surface area (Å²) in [6, 6.07) is 14.5. The second kappa shape index (κ2) is 13.1. The van der Waals surface area contributed by atoms with Gasteiger partial charge >= 0.3 is 0 Å². The minimum absolute atomic E-state index is 0.105. The van der Waals surface area contributed by atoms with Gasteiger partial charge in [0.1, 0.15) is 23.0 Å². The first-order chi connectivity index (χ1) is 24.5. The number of hydrogen-bond donors (Lipinski definition) is 2. The van der Waals surface area contributed by atoms with Crippen LogP contribution in [-0.2, 0) is 24.6 Å². The fourth-order valence-electron chi connectivity index (χ4n) is 8.88. The van der Waals surface area contributed by atoms with Crippen LogP contribution < -0.4 is 19.6 Å². The van der Waals surface area contributed by atoms with E-state index in [1.165, 1.54) is 44.4 Å². The molecule has 2 aliphatic heterocycles. The van der Waals surface area contributed by atoms with Gasteiger partial charge in [0.25, 0.3) is 11.8 Å². The third-order valence-corrected chi connectivity index (χ3v) is 11.5. The number of likely N-dealkylation sites (tertiary alicyclic amines) is 1. The zero-order valence-corrected chi connectivity index (χ0v) is 30.0. The molecule has 3 aromatic rings. The second-order valence-electron chi connectivity index (χ2n) is 13.3. The molecule has 6 unspecified atom stereocenters. The third-order valence-electron chi connectivity index (χ3n) is 10.9. The van der Waals surface area contributed by atoms with Crippen LogP contribution in [0.5, 0.6) is 23.0 Å². The van der Waals surface area contributed by atoms with Crippen molar-refractivity contribution in [1.82, 2.24) is 9.91 Å². The van der Waals surface area contributed by atoms with Gasteiger partial charge in [-0.3, -0.25) is 29.5 Å². The topological polar surface area (TPSA) is 135 Å². The maximum absolute atomic E-state index is 15.5. The fraction of sp³-hybridized carbons (Fsp3) is 0.368. The molecule has 0 aromatic heterocycles. The molecule has 2 aliphatic carbocycles. The van der Waals surface area contributed by atoms with Crippen LogP contribution >= 0.6 is 23.2 Å². The number of imide groups is 2. The number of hydrazine groups is 1. The van der Waals surface area contributed by atoms with Crippen molar-refractivity contribution < 1.29 is 38.5 Å². The van der Waals surface area contributed by atoms with Crippen LogP contribution in [0.1, 0.15) is 43.2 Å². The molecule has 2 N–H and O–H groups in total. The van der Waals surface area contributed by atoms with Crippen LogP contribution in [0.15, 0.2) is 66.2 Å². The zero-order chi connectivity index (χ0) is 36.4. The molecule has 51 heavy (non-hydrogen) atoms. The number of aromatic hydroxyl groups is 1. The number of halogens is 2. The Bertz CT molecular complexity index is 1960. The Labute approximate surface area is 305 Å². The SMILES string of the molecule is CCCN1C(=O)C2CC=C3C(CC4C(=O)N(Nc5ccc(Cl)cc5Cl)C(=O)C4(c4ccc(OC)cc4)C3c3c(OC)cc(O)cc3OC)C2C1=O. The van der Waals surface area contributed by atoms with Crippen molar-refractivity contribution in [3.63, 3.8) is 0 Å². The van der Waals surface area contributed by atoms with Crippen molar-refractivity contribution in [3.8, 4) is 23.0 Å². The monoisotopic (exact) mass is 733 g/mol. The van der Waals surface area contributed by atoms with Crippen LogP contribution in [0.3, 0.4) is 0 Å². The highest BCUT2D eigenvalue weighted by atomic mass is 35.5. The van der Waals surface area contributed by atoms with Crippen molar-refractivity contribution in [2.24, 2.45) is 23.7 Å². The predicted molar refractivity (Wildman–Crippen MR) is 189 cm³/mol. The number of nitrogens with one attached hydrogen (secondary N) is 1. The molecule has 4 amide bonds. The first-order valence-electron chi connectivity index (χ1n) is 16.8. The Morgan fingerprint density at radius 1 is 0.882 bits per heavy atom. The Morgan fingerprint density at radius 2 is 1.57 bits per heavy atom. The fourth-order valence-corrected chi connectivity index (χ4v) is 9.33. The van der Waals surface area contributed by atoms with Gasteiger partial charge in [0.2, 0.25) is 11.8 Å². The summed E-state index contributed by atoms with van der Waals surface area (Å²) in [6.07, 6.45) is 2.94. The number of benzene rings is 3. The summed E-state index contributed by atoms with van der Waals surface area (Å²) < 4.78 is 17.2. The van der Waals surface area contributed by atoms with E-state index in [1.807, 2.05) is 13.0 Å². The minimum atomic E-state index is -1.63. The molecule has 6 atom stereocenters. The number of phenols is 1. The van der Waals surface area contributed by atoms with E-state index in [-0.39, 0.29) is 52.6 Å². The highest BCUT2D eigenvalue weighted by Gasteiger charge is 2.71. The number of methoxy groups -OCH3 is 3. The van der Waals surface area contributed by atoms with Crippen LogP contribution in [0.2, 0.25) is 10.0 Å². The van der Waals surface area contributed by atoms with Gasteiger partial charge in [-0.2, -0.15) is 5.01 Å². The molecule has 2 saturated heterocycles. The van der Waals surface area contributed by atoms with Crippen molar-refractivity contribution in [3.05, 3.63) is 87.4 Å². The van der Waals surface area contributed by atoms with E-state index in [4.69, 9.17) is 37.4 Å². The lowest BCUT2D eigenvalue weighted by molar-refractivity contribution is -0.141. The van der Waals surface area contributed by atoms with Crippen LogP contribution in [0.25, 0.3) is 0 Å². The van der Waals surface area contributed by atoms with E-state index in [2.05, 4.69) is 5.43 Å². The van der Waals surface area contributed by atoms with E-state index in [0.717, 1.165) is 10.6 Å². The molecule has 0 radical (unpaired) electrons. The molecule has 2 heterocycles. The quantitative estimate of drug-likeness (QED) is 0.197. The lowest BCUT2D eigenvalue weighted by atomic mass is 9.49. The van der Waals surface area contributed by atoms with E-state index >= 15 is 4.79 Å². The number of carbonyl (C=O) groups excluding carboxylic acids is 4. The van der Waals surface area contributed by atoms with Gasteiger partial charge in [0.15, 0.2) is 0 Å². The van der Waals surface area contributed by atoms with E-state index in [0.29, 0.717) is 34.9 Å². The van der Waals surface area contributed by atoms with E-state index in [9.17, 15) is 19.5 Å². The lowest BCUT2D eigenvalue weighted by Crippen LogP contribution is -2.53. The molecule has 11 nitrogen and oxygen atoms in total. The van der Waals surface area contributed by atoms with Crippen LogP contribution in [-0.4, -0.2) is 66.5 Å². The number of anilines is 1. The predicted octanol–water partition coefficient (Wildman–Crippen LogP) is 6.12. The number of ether oxygens (including phenoxy) is 3. The third kappa shape index (κ3) is 5.15. The summed E-state index contributed by atoms with van der Waals surface area (Å²) in [5, 5.41) is 12.3. The van der Waals surface area contributed by atoms with Gasteiger partial charge in [-0.05, 0) is 61.1 Å². The first-order valence-corrected chi connectivity index (χ1v) is 17.5. The second-order valence-corrected chi connectivity index (χ2v) is 14.1. The number of nitrogens with zero attached hydrogens (tertiary/aromatic N) is 2. The van der Waals surface area contributed by atoms with Crippen LogP contribution in [0.4, 0.5) is 5.69 Å². The summed E-state index contributed by atoms with van der Waals surface area (Å²) in [5.74, 6) is -4.63. The maximum Gasteiger partial charge on any atom is 0.260 e. The largest absolute Gasteiger partial charge is 0.508 e. The number of fused-ring (bicyclic) bond motifs is 4. The molecule has 13 heteroatoms. The summed E-state index contributed by atoms with van der Waals surface area (Å²) in [7, 11) is 4.42. The summed E-state index contributed by atoms with van der Waals surface area (Å²) in [6.45, 7) is 2.21. The Balaban J connectivity index is 1.52. The van der Waals surface area contributed by atoms with Gasteiger partial charge < -0.3 is 19.3 Å². The first kappa shape index (κ1) is 34.7. The smallest absolute Gasteiger partial charge is 0.260 e. The summed E-state index contributed by atoms with van der Waals surface area (Å²) in [5.41, 5.74) is 3.29. The number of hydrogen-bond acceptors (Lipinski definition) is 9. The normalized spacial score (nSPS) is 26.8. The van der Waals surface area contributed by atoms with E-state index in [1.54, 1.807) is 36.4 Å². The minimum Gasteiger partial charge on any atom is -0.508 e. The number of amides is 4. The Kier molecular flexibility index (Phi) is 8.91. The van der Waals surface area contributed by atoms with Gasteiger partial charge in [0.05, 0.1) is 55.2 Å². The van der Waals surface area contributed by atoms with Crippen molar-refractivity contribution in [1.29, 1.82) is 0 Å². The molecule has 266 valence electrons. The molecular formula is C38H37Cl2N3O8. The number of carbonyl (C=O) groups is 4. The van der Waals surface area contributed by atoms with E-state index < -0.39 is 46.8 Å². The molecular weight excluding hydrogens is 697 g/mol. The summed E-state index contributed by atoms with van der Waals surface area (Å²) >= 11 is 12.7. The summed E-state index contributed by atoms with van der Waals surface area (Å²) in [4.78, 5) is 59.5.